The molecule has 0 saturated carbocycles. The predicted octanol–water partition coefficient (Wildman–Crippen LogP) is 0.0341. The highest BCUT2D eigenvalue weighted by Crippen LogP contribution is 2.31. The quantitative estimate of drug-likeness (QED) is 0.724. The first-order valence-corrected chi connectivity index (χ1v) is 7.78. The van der Waals surface area contributed by atoms with Gasteiger partial charge in [-0.15, -0.1) is 10.2 Å². The van der Waals surface area contributed by atoms with Gasteiger partial charge in [0.2, 0.25) is 5.91 Å². The molecule has 1 aromatic heterocycles. The lowest BCUT2D eigenvalue weighted by atomic mass is 9.79. The summed E-state index contributed by atoms with van der Waals surface area (Å²) in [6, 6.07) is 9.69. The fourth-order valence-electron chi connectivity index (χ4n) is 3.03. The number of nitrogens with zero attached hydrogens (tertiary/aromatic N) is 3. The Morgan fingerprint density at radius 3 is 2.78 bits per heavy atom. The van der Waals surface area contributed by atoms with E-state index in [0.29, 0.717) is 25.9 Å². The molecule has 2 heterocycles. The van der Waals surface area contributed by atoms with Gasteiger partial charge in [-0.25, -0.2) is 0 Å². The first kappa shape index (κ1) is 15.6. The summed E-state index contributed by atoms with van der Waals surface area (Å²) in [7, 11) is 0. The smallest absolute Gasteiger partial charge is 0.222 e. The van der Waals surface area contributed by atoms with Crippen LogP contribution in [0.15, 0.2) is 43.0 Å². The number of carbonyl (C=O) groups excluding carboxylic acids is 1. The second kappa shape index (κ2) is 6.89. The zero-order valence-electron chi connectivity index (χ0n) is 12.9. The van der Waals surface area contributed by atoms with Crippen LogP contribution in [0.1, 0.15) is 18.4 Å². The Morgan fingerprint density at radius 2 is 2.09 bits per heavy atom. The molecule has 1 aromatic carbocycles. The van der Waals surface area contributed by atoms with Gasteiger partial charge in [-0.1, -0.05) is 30.3 Å². The topological polar surface area (TPSA) is 92.1 Å². The minimum atomic E-state index is -0.739. The molecule has 1 fully saturated rings. The number of β-amino-alcohol motifs (C(OH)–C–C–N with tert-alkyl or cyclic N) is 1. The van der Waals surface area contributed by atoms with Crippen molar-refractivity contribution < 1.29 is 9.90 Å². The molecule has 0 radical (unpaired) electrons. The Labute approximate surface area is 134 Å². The van der Waals surface area contributed by atoms with Crippen molar-refractivity contribution in [2.24, 2.45) is 0 Å². The predicted molar refractivity (Wildman–Crippen MR) is 84.4 cm³/mol. The van der Waals surface area contributed by atoms with E-state index in [9.17, 15) is 9.90 Å². The third-order valence-electron chi connectivity index (χ3n) is 4.32. The number of hydrogen-bond donors (Lipinski definition) is 3. The van der Waals surface area contributed by atoms with E-state index in [1.165, 1.54) is 0 Å². The van der Waals surface area contributed by atoms with Gasteiger partial charge < -0.3 is 20.3 Å². The van der Waals surface area contributed by atoms with Crippen LogP contribution in [-0.4, -0.2) is 45.0 Å². The largest absolute Gasteiger partial charge is 0.389 e. The monoisotopic (exact) mass is 315 g/mol. The third kappa shape index (κ3) is 3.40. The molecule has 122 valence electrons. The zero-order chi connectivity index (χ0) is 16.1. The van der Waals surface area contributed by atoms with E-state index in [-0.39, 0.29) is 5.91 Å². The molecular formula is C16H21N5O2. The van der Waals surface area contributed by atoms with Gasteiger partial charge in [0.05, 0.1) is 11.6 Å². The molecule has 0 bridgehead atoms. The van der Waals surface area contributed by atoms with Crippen molar-refractivity contribution in [3.8, 4) is 0 Å². The molecule has 2 atom stereocenters. The standard InChI is InChI=1S/C16H21N5O2/c22-14-10-17-8-7-16(14,13-4-2-1-3-5-13)20-15(23)6-9-21-11-18-19-12-21/h1-5,11-12,14,17,22H,6-10H2,(H,20,23)/t14-,16-/m1/s1. The number of benzene rings is 1. The molecule has 0 spiro atoms. The second-order valence-corrected chi connectivity index (χ2v) is 5.81. The van der Waals surface area contributed by atoms with E-state index in [1.807, 2.05) is 30.3 Å². The van der Waals surface area contributed by atoms with E-state index in [1.54, 1.807) is 17.2 Å². The highest BCUT2D eigenvalue weighted by molar-refractivity contribution is 5.77. The van der Waals surface area contributed by atoms with Gasteiger partial charge in [-0.05, 0) is 18.5 Å². The van der Waals surface area contributed by atoms with Gasteiger partial charge in [-0.2, -0.15) is 0 Å². The van der Waals surface area contributed by atoms with Gasteiger partial charge in [0.15, 0.2) is 0 Å². The summed E-state index contributed by atoms with van der Waals surface area (Å²) in [5, 5.41) is 24.3. The minimum absolute atomic E-state index is 0.0940. The molecule has 23 heavy (non-hydrogen) atoms. The van der Waals surface area contributed by atoms with Crippen LogP contribution in [0.5, 0.6) is 0 Å². The number of rotatable bonds is 5. The van der Waals surface area contributed by atoms with Crippen molar-refractivity contribution in [1.82, 2.24) is 25.4 Å². The van der Waals surface area contributed by atoms with Crippen LogP contribution >= 0.6 is 0 Å². The number of carbonyl (C=O) groups is 1. The average Bonchev–Trinajstić information content (AvgIpc) is 3.09. The fourth-order valence-corrected chi connectivity index (χ4v) is 3.03. The van der Waals surface area contributed by atoms with Crippen LogP contribution < -0.4 is 10.6 Å². The summed E-state index contributed by atoms with van der Waals surface area (Å²) in [4.78, 5) is 12.4. The van der Waals surface area contributed by atoms with Crippen molar-refractivity contribution in [2.45, 2.75) is 31.0 Å². The molecular weight excluding hydrogens is 294 g/mol. The average molecular weight is 315 g/mol. The van der Waals surface area contributed by atoms with Gasteiger partial charge in [-0.3, -0.25) is 4.79 Å². The maximum Gasteiger partial charge on any atom is 0.222 e. The lowest BCUT2D eigenvalue weighted by Crippen LogP contribution is -2.61. The summed E-state index contributed by atoms with van der Waals surface area (Å²) >= 11 is 0. The molecule has 7 heteroatoms. The van der Waals surface area contributed by atoms with Gasteiger partial charge in [0.1, 0.15) is 12.7 Å². The van der Waals surface area contributed by atoms with Crippen LogP contribution in [0.3, 0.4) is 0 Å². The highest BCUT2D eigenvalue weighted by Gasteiger charge is 2.42. The van der Waals surface area contributed by atoms with E-state index >= 15 is 0 Å². The fraction of sp³-hybridized carbons (Fsp3) is 0.438. The number of amides is 1. The van der Waals surface area contributed by atoms with Gasteiger partial charge in [0, 0.05) is 19.5 Å². The molecule has 3 N–H and O–H groups in total. The molecule has 0 unspecified atom stereocenters. The van der Waals surface area contributed by atoms with E-state index in [4.69, 9.17) is 0 Å². The highest BCUT2D eigenvalue weighted by atomic mass is 16.3. The SMILES string of the molecule is O=C(CCn1cnnc1)N[C@@]1(c2ccccc2)CCNC[C@H]1O. The molecule has 1 saturated heterocycles. The van der Waals surface area contributed by atoms with Crippen LogP contribution in [0.2, 0.25) is 0 Å². The molecule has 1 amide bonds. The summed E-state index contributed by atoms with van der Waals surface area (Å²) in [5.41, 5.74) is 0.197. The number of hydrogen-bond acceptors (Lipinski definition) is 5. The van der Waals surface area contributed by atoms with Crippen LogP contribution in [0.25, 0.3) is 0 Å². The summed E-state index contributed by atoms with van der Waals surface area (Å²) in [5.74, 6) is -0.0940. The molecule has 1 aliphatic rings. The summed E-state index contributed by atoms with van der Waals surface area (Å²) < 4.78 is 1.76. The molecule has 0 aliphatic carbocycles. The van der Waals surface area contributed by atoms with E-state index in [0.717, 1.165) is 12.1 Å². The van der Waals surface area contributed by atoms with Gasteiger partial charge in [0.25, 0.3) is 0 Å². The maximum absolute atomic E-state index is 12.4. The second-order valence-electron chi connectivity index (χ2n) is 5.81. The van der Waals surface area contributed by atoms with Crippen LogP contribution in [0.4, 0.5) is 0 Å². The maximum atomic E-state index is 12.4. The Morgan fingerprint density at radius 1 is 1.35 bits per heavy atom. The normalized spacial score (nSPS) is 24.3. The zero-order valence-corrected chi connectivity index (χ0v) is 12.9. The molecule has 2 aromatic rings. The Balaban J connectivity index is 1.75. The molecule has 3 rings (SSSR count). The van der Waals surface area contributed by atoms with Crippen molar-refractivity contribution in [3.63, 3.8) is 0 Å². The Bertz CT molecular complexity index is 631. The van der Waals surface area contributed by atoms with Crippen molar-refractivity contribution in [3.05, 3.63) is 48.5 Å². The van der Waals surface area contributed by atoms with Crippen LogP contribution in [-0.2, 0) is 16.9 Å². The minimum Gasteiger partial charge on any atom is -0.389 e. The number of aryl methyl sites for hydroxylation is 1. The number of piperidine rings is 1. The van der Waals surface area contributed by atoms with Crippen LogP contribution in [0, 0.1) is 0 Å². The van der Waals surface area contributed by atoms with E-state index in [2.05, 4.69) is 20.8 Å². The lowest BCUT2D eigenvalue weighted by Gasteiger charge is -2.43. The number of aromatic nitrogens is 3. The summed E-state index contributed by atoms with van der Waals surface area (Å²) in [6.07, 6.45) is 3.46. The number of aliphatic hydroxyl groups excluding tert-OH is 1. The Hall–Kier alpha value is -2.25. The molecule has 7 nitrogen and oxygen atoms in total. The van der Waals surface area contributed by atoms with E-state index < -0.39 is 11.6 Å². The van der Waals surface area contributed by atoms with Crippen molar-refractivity contribution in [2.75, 3.05) is 13.1 Å². The first-order valence-electron chi connectivity index (χ1n) is 7.78. The lowest BCUT2D eigenvalue weighted by molar-refractivity contribution is -0.126. The number of aliphatic hydroxyl groups is 1. The number of nitrogens with one attached hydrogen (secondary N) is 2. The van der Waals surface area contributed by atoms with Gasteiger partial charge >= 0.3 is 0 Å². The summed E-state index contributed by atoms with van der Waals surface area (Å²) in [6.45, 7) is 1.72. The Kier molecular flexibility index (Phi) is 4.68. The third-order valence-corrected chi connectivity index (χ3v) is 4.32. The van der Waals surface area contributed by atoms with Crippen molar-refractivity contribution in [1.29, 1.82) is 0 Å². The molecule has 1 aliphatic heterocycles. The first-order chi connectivity index (χ1) is 11.2. The van der Waals surface area contributed by atoms with Crippen molar-refractivity contribution >= 4 is 5.91 Å².